The molecule has 0 amide bonds. The molecule has 1 fully saturated rings. The average Bonchev–Trinajstić information content (AvgIpc) is 2.75. The summed E-state index contributed by atoms with van der Waals surface area (Å²) in [7, 11) is -4.78. The summed E-state index contributed by atoms with van der Waals surface area (Å²) in [5.74, 6) is 0. The lowest BCUT2D eigenvalue weighted by molar-refractivity contribution is -0.0760. The fraction of sp³-hybridized carbons (Fsp3) is 0.636. The second-order valence-corrected chi connectivity index (χ2v) is 6.34. The molecule has 0 radical (unpaired) electrons. The molecule has 1 saturated heterocycles. The molecule has 4 N–H and O–H groups in total. The molecule has 1 aliphatic heterocycles. The second kappa shape index (κ2) is 6.07. The van der Waals surface area contributed by atoms with E-state index >= 15 is 0 Å². The van der Waals surface area contributed by atoms with Crippen LogP contribution in [-0.4, -0.2) is 42.8 Å². The van der Waals surface area contributed by atoms with E-state index in [1.165, 1.54) is 20.0 Å². The van der Waals surface area contributed by atoms with E-state index in [9.17, 15) is 19.3 Å². The number of hydrogen-bond acceptors (Lipinski definition) is 6. The Kier molecular flexibility index (Phi) is 4.71. The van der Waals surface area contributed by atoms with Crippen molar-refractivity contribution in [3.05, 3.63) is 32.6 Å². The highest BCUT2D eigenvalue weighted by atomic mass is 31.2. The topological polar surface area (TPSA) is 151 Å². The maximum absolute atomic E-state index is 11.8. The fourth-order valence-corrected chi connectivity index (χ4v) is 2.90. The third-order valence-corrected chi connectivity index (χ3v) is 3.86. The van der Waals surface area contributed by atoms with Crippen LogP contribution in [-0.2, 0) is 13.8 Å². The number of aliphatic hydroxyl groups excluding tert-OH is 1. The maximum atomic E-state index is 11.8. The van der Waals surface area contributed by atoms with E-state index in [1.54, 1.807) is 0 Å². The predicted octanol–water partition coefficient (Wildman–Crippen LogP) is -1.01. The lowest BCUT2D eigenvalue weighted by Crippen LogP contribution is -2.35. The molecule has 1 aromatic rings. The average molecular weight is 336 g/mol. The number of aromatic amines is 1. The molecule has 10 nitrogen and oxygen atoms in total. The van der Waals surface area contributed by atoms with Gasteiger partial charge in [-0.2, -0.15) is 0 Å². The van der Waals surface area contributed by atoms with Crippen LogP contribution in [0.2, 0.25) is 0 Å². The smallest absolute Gasteiger partial charge is 0.391 e. The van der Waals surface area contributed by atoms with Gasteiger partial charge in [-0.05, 0) is 13.8 Å². The van der Waals surface area contributed by atoms with Crippen molar-refractivity contribution in [3.63, 3.8) is 0 Å². The molecular formula is C11H17N2O8P. The Morgan fingerprint density at radius 3 is 2.68 bits per heavy atom. The van der Waals surface area contributed by atoms with Crippen molar-refractivity contribution in [3.8, 4) is 0 Å². The number of nitrogens with zero attached hydrogens (tertiary/aromatic N) is 1. The van der Waals surface area contributed by atoms with Crippen LogP contribution >= 0.6 is 7.82 Å². The van der Waals surface area contributed by atoms with E-state index in [0.717, 1.165) is 4.57 Å². The van der Waals surface area contributed by atoms with Crippen molar-refractivity contribution in [2.75, 3.05) is 0 Å². The van der Waals surface area contributed by atoms with Crippen molar-refractivity contribution in [1.29, 1.82) is 0 Å². The minimum Gasteiger partial charge on any atom is -0.391 e. The Morgan fingerprint density at radius 2 is 2.14 bits per heavy atom. The van der Waals surface area contributed by atoms with Gasteiger partial charge in [0, 0.05) is 18.2 Å². The second-order valence-electron chi connectivity index (χ2n) is 5.14. The van der Waals surface area contributed by atoms with E-state index in [2.05, 4.69) is 9.51 Å². The zero-order valence-electron chi connectivity index (χ0n) is 11.9. The molecular weight excluding hydrogens is 319 g/mol. The molecule has 1 aromatic heterocycles. The van der Waals surface area contributed by atoms with Crippen LogP contribution in [0.1, 0.15) is 25.1 Å². The molecule has 0 saturated carbocycles. The molecule has 11 heteroatoms. The number of H-pyrrole nitrogens is 1. The Bertz CT molecular complexity index is 705. The van der Waals surface area contributed by atoms with Crippen LogP contribution in [0.3, 0.4) is 0 Å². The van der Waals surface area contributed by atoms with Crippen LogP contribution in [0.25, 0.3) is 0 Å². The number of aryl methyl sites for hydroxylation is 1. The van der Waals surface area contributed by atoms with Gasteiger partial charge in [-0.3, -0.25) is 18.9 Å². The molecule has 0 bridgehead atoms. The molecule has 0 spiro atoms. The highest BCUT2D eigenvalue weighted by molar-refractivity contribution is 7.46. The number of aromatic nitrogens is 2. The number of hydrogen-bond donors (Lipinski definition) is 4. The number of nitrogens with one attached hydrogen (secondary N) is 1. The van der Waals surface area contributed by atoms with E-state index in [0.29, 0.717) is 0 Å². The summed E-state index contributed by atoms with van der Waals surface area (Å²) >= 11 is 0. The fourth-order valence-electron chi connectivity index (χ4n) is 2.34. The molecule has 2 heterocycles. The number of ether oxygens (including phenoxy) is 1. The van der Waals surface area contributed by atoms with E-state index in [1.807, 2.05) is 0 Å². The lowest BCUT2D eigenvalue weighted by atomic mass is 10.1. The van der Waals surface area contributed by atoms with Gasteiger partial charge in [0.25, 0.3) is 5.56 Å². The largest absolute Gasteiger partial charge is 0.469 e. The van der Waals surface area contributed by atoms with Crippen LogP contribution < -0.4 is 11.2 Å². The van der Waals surface area contributed by atoms with Crippen LogP contribution in [0, 0.1) is 6.92 Å². The Labute approximate surface area is 124 Å². The molecule has 2 rings (SSSR count). The Balaban J connectivity index is 2.31. The van der Waals surface area contributed by atoms with Gasteiger partial charge in [0.15, 0.2) is 0 Å². The van der Waals surface area contributed by atoms with Crippen LogP contribution in [0.15, 0.2) is 15.8 Å². The summed E-state index contributed by atoms with van der Waals surface area (Å²) < 4.78 is 22.2. The Hall–Kier alpha value is -1.29. The summed E-state index contributed by atoms with van der Waals surface area (Å²) in [4.78, 5) is 43.1. The molecule has 0 unspecified atom stereocenters. The van der Waals surface area contributed by atoms with Gasteiger partial charge in [-0.1, -0.05) is 0 Å². The van der Waals surface area contributed by atoms with Gasteiger partial charge in [0.2, 0.25) is 0 Å². The molecule has 124 valence electrons. The van der Waals surface area contributed by atoms with Crippen molar-refractivity contribution in [2.45, 2.75) is 44.8 Å². The summed E-state index contributed by atoms with van der Waals surface area (Å²) in [6.45, 7) is 2.88. The first-order chi connectivity index (χ1) is 10.1. The summed E-state index contributed by atoms with van der Waals surface area (Å²) in [6.07, 6.45) is -2.88. The van der Waals surface area contributed by atoms with Crippen molar-refractivity contribution in [2.24, 2.45) is 0 Å². The number of aliphatic hydroxyl groups is 1. The number of phosphoric ester groups is 1. The zero-order valence-corrected chi connectivity index (χ0v) is 12.8. The van der Waals surface area contributed by atoms with Crippen molar-refractivity contribution >= 4 is 7.82 Å². The van der Waals surface area contributed by atoms with Gasteiger partial charge < -0.3 is 19.6 Å². The van der Waals surface area contributed by atoms with Gasteiger partial charge in [0.05, 0.1) is 6.10 Å². The van der Waals surface area contributed by atoms with Gasteiger partial charge >= 0.3 is 13.5 Å². The van der Waals surface area contributed by atoms with Gasteiger partial charge in [0.1, 0.15) is 18.4 Å². The molecule has 4 atom stereocenters. The van der Waals surface area contributed by atoms with Crippen molar-refractivity contribution < 1.29 is 28.7 Å². The van der Waals surface area contributed by atoms with E-state index in [4.69, 9.17) is 14.5 Å². The predicted molar refractivity (Wildman–Crippen MR) is 73.2 cm³/mol. The van der Waals surface area contributed by atoms with Gasteiger partial charge in [-0.25, -0.2) is 9.36 Å². The molecule has 0 aliphatic carbocycles. The third kappa shape index (κ3) is 3.72. The Morgan fingerprint density at radius 1 is 1.50 bits per heavy atom. The third-order valence-electron chi connectivity index (χ3n) is 3.32. The van der Waals surface area contributed by atoms with Crippen molar-refractivity contribution in [1.82, 2.24) is 9.55 Å². The number of phosphoric acid groups is 1. The number of rotatable bonds is 4. The minimum absolute atomic E-state index is 0.0634. The molecule has 1 aliphatic rings. The maximum Gasteiger partial charge on any atom is 0.469 e. The SMILES string of the molecule is Cc1cn([C@H]2C[C@H](OP(=O)(O)O)[C@@H]([C@@H](C)O)O2)c(=O)[nH]c1=O. The first-order valence-corrected chi connectivity index (χ1v) is 8.01. The standard InChI is InChI=1S/C11H17N2O8P/c1-5-4-13(11(16)12-10(5)15)8-3-7(21-22(17,18)19)9(20-8)6(2)14/h4,6-9,14H,3H2,1-2H3,(H,12,15,16)(H2,17,18,19)/t6-,7+,8-,9-/m1/s1. The van der Waals surface area contributed by atoms with Crippen LogP contribution in [0.5, 0.6) is 0 Å². The molecule has 22 heavy (non-hydrogen) atoms. The first kappa shape index (κ1) is 17.1. The highest BCUT2D eigenvalue weighted by Gasteiger charge is 2.43. The normalized spacial score (nSPS) is 27.0. The monoisotopic (exact) mass is 336 g/mol. The van der Waals surface area contributed by atoms with E-state index < -0.39 is 43.6 Å². The minimum atomic E-state index is -4.78. The lowest BCUT2D eigenvalue weighted by Gasteiger charge is -2.21. The first-order valence-electron chi connectivity index (χ1n) is 6.48. The molecule has 0 aromatic carbocycles. The summed E-state index contributed by atoms with van der Waals surface area (Å²) in [5, 5.41) is 9.65. The van der Waals surface area contributed by atoms with Crippen LogP contribution in [0.4, 0.5) is 0 Å². The quantitative estimate of drug-likeness (QED) is 0.511. The van der Waals surface area contributed by atoms with Gasteiger partial charge in [-0.15, -0.1) is 0 Å². The summed E-state index contributed by atoms with van der Waals surface area (Å²) in [6, 6.07) is 0. The van der Waals surface area contributed by atoms with E-state index in [-0.39, 0.29) is 12.0 Å². The highest BCUT2D eigenvalue weighted by Crippen LogP contribution is 2.44. The zero-order chi connectivity index (χ0) is 16.7. The summed E-state index contributed by atoms with van der Waals surface area (Å²) in [5.41, 5.74) is -0.979.